The van der Waals surface area contributed by atoms with E-state index in [-0.39, 0.29) is 18.9 Å². The second kappa shape index (κ2) is 2.51. The minimum absolute atomic E-state index is 0. The van der Waals surface area contributed by atoms with Gasteiger partial charge in [-0.15, -0.1) is 0 Å². The Morgan fingerprint density at radius 1 is 1.40 bits per heavy atom. The van der Waals surface area contributed by atoms with Crippen molar-refractivity contribution in [1.82, 2.24) is 0 Å². The molecule has 1 rings (SSSR count). The number of rotatable bonds is 0. The summed E-state index contributed by atoms with van der Waals surface area (Å²) in [5, 5.41) is 0. The minimum atomic E-state index is 0. The Bertz CT molecular complexity index is 47.3. The second-order valence-electron chi connectivity index (χ2n) is 0.770. The van der Waals surface area contributed by atoms with Gasteiger partial charge in [-0.1, -0.05) is 0 Å². The molecule has 0 atom stereocenters. The van der Waals surface area contributed by atoms with Gasteiger partial charge in [-0.25, -0.2) is 0 Å². The van der Waals surface area contributed by atoms with Gasteiger partial charge < -0.3 is 0 Å². The summed E-state index contributed by atoms with van der Waals surface area (Å²) in [6, 6.07) is 0. The van der Waals surface area contributed by atoms with E-state index in [0.29, 0.717) is 0 Å². The van der Waals surface area contributed by atoms with E-state index in [1.165, 1.54) is 0 Å². The Morgan fingerprint density at radius 3 is 1.60 bits per heavy atom. The zero-order valence-electron chi connectivity index (χ0n) is 3.31. The average molecular weight is 56.8 g/mol. The van der Waals surface area contributed by atoms with Gasteiger partial charge in [0, 0.05) is 18.9 Å². The van der Waals surface area contributed by atoms with Gasteiger partial charge in [-0.3, -0.25) is 0 Å². The van der Waals surface area contributed by atoms with Crippen LogP contribution in [0.3, 0.4) is 0 Å². The molecule has 1 aliphatic rings. The van der Waals surface area contributed by atoms with E-state index in [9.17, 15) is 0 Å². The third-order valence-electron chi connectivity index (χ3n) is 0.444. The molecule has 0 aliphatic carbocycles. The van der Waals surface area contributed by atoms with Crippen LogP contribution < -0.4 is 0 Å². The van der Waals surface area contributed by atoms with Gasteiger partial charge in [-0.05, 0) is 0 Å². The smallest absolute Gasteiger partial charge is 0 e. The first kappa shape index (κ1) is 5.27. The summed E-state index contributed by atoms with van der Waals surface area (Å²) >= 11 is 0. The van der Waals surface area contributed by atoms with Crippen LogP contribution in [-0.2, 0) is 0 Å². The van der Waals surface area contributed by atoms with Crippen molar-refractivity contribution in [2.24, 2.45) is 0 Å². The molecule has 1 aliphatic heterocycles. The van der Waals surface area contributed by atoms with Crippen LogP contribution in [-0.4, -0.2) is 31.7 Å². The first-order valence-corrected chi connectivity index (χ1v) is 1.33. The second-order valence-corrected chi connectivity index (χ2v) is 0.770. The van der Waals surface area contributed by atoms with Crippen molar-refractivity contribution >= 4 is 31.7 Å². The molecule has 0 nitrogen and oxygen atoms in total. The third-order valence-corrected chi connectivity index (χ3v) is 0.444. The molecule has 0 fully saturated rings. The molecule has 5 heavy (non-hydrogen) atoms. The molecule has 0 aromatic rings. The fourth-order valence-electron chi connectivity index (χ4n) is 0.111. The van der Waals surface area contributed by atoms with E-state index < -0.39 is 0 Å². The minimum Gasteiger partial charge on any atom is 0 e. The fourth-order valence-corrected chi connectivity index (χ4v) is 0.111. The van der Waals surface area contributed by atoms with Crippen LogP contribution in [0.1, 0.15) is 0 Å². The molecular formula is C3H3BLi. The van der Waals surface area contributed by atoms with Crippen LogP contribution in [0.15, 0.2) is 12.1 Å². The van der Waals surface area contributed by atoms with E-state index in [1.807, 2.05) is 24.9 Å². The predicted molar refractivity (Wildman–Crippen MR) is 26.7 cm³/mol. The van der Waals surface area contributed by atoms with Crippen LogP contribution >= 0.6 is 0 Å². The Morgan fingerprint density at radius 2 is 1.60 bits per heavy atom. The molecule has 0 aromatic heterocycles. The number of hydrogen-bond acceptors (Lipinski definition) is 0. The summed E-state index contributed by atoms with van der Waals surface area (Å²) in [4.78, 5) is 0. The van der Waals surface area contributed by atoms with E-state index in [4.69, 9.17) is 0 Å². The normalized spacial score (nSPS) is 11.2. The fraction of sp³-hybridized carbons (Fsp3) is 0. The van der Waals surface area contributed by atoms with Gasteiger partial charge in [0.2, 0.25) is 0 Å². The van der Waals surface area contributed by atoms with E-state index in [1.54, 1.807) is 0 Å². The number of hydrogen-bond donors (Lipinski definition) is 0. The molecule has 0 N–H and O–H groups in total. The summed E-state index contributed by atoms with van der Waals surface area (Å²) in [6.07, 6.45) is 2.00. The molecule has 0 saturated heterocycles. The molecule has 0 amide bonds. The van der Waals surface area contributed by atoms with E-state index in [2.05, 4.69) is 0 Å². The van der Waals surface area contributed by atoms with Crippen LogP contribution in [0.2, 0.25) is 0 Å². The Hall–Kier alpha value is 0.272. The van der Waals surface area contributed by atoms with Gasteiger partial charge in [0.05, 0.1) is 0 Å². The van der Waals surface area contributed by atoms with Crippen LogP contribution in [0.5, 0.6) is 0 Å². The Balaban J connectivity index is 0.000000160. The van der Waals surface area contributed by atoms with Crippen LogP contribution in [0.4, 0.5) is 0 Å². The summed E-state index contributed by atoms with van der Waals surface area (Å²) in [6.45, 7) is 2.00. The van der Waals surface area contributed by atoms with E-state index in [0.717, 1.165) is 0 Å². The van der Waals surface area contributed by atoms with Crippen molar-refractivity contribution in [3.8, 4) is 0 Å². The van der Waals surface area contributed by atoms with Gasteiger partial charge in [0.15, 0.2) is 0 Å². The van der Waals surface area contributed by atoms with Crippen molar-refractivity contribution in [3.05, 3.63) is 12.1 Å². The molecule has 1 radical (unpaired) electrons. The summed E-state index contributed by atoms with van der Waals surface area (Å²) in [5.41, 5.74) is 0. The zero-order valence-corrected chi connectivity index (χ0v) is 3.31. The first-order valence-electron chi connectivity index (χ1n) is 1.33. The molecule has 2 heteroatoms. The largest absolute Gasteiger partial charge is 0 e. The van der Waals surface area contributed by atoms with Crippen molar-refractivity contribution in [2.45, 2.75) is 0 Å². The van der Waals surface area contributed by atoms with Gasteiger partial charge in [0.1, 0.15) is 0 Å². The molecule has 0 saturated carbocycles. The molecule has 19 valence electrons. The summed E-state index contributed by atoms with van der Waals surface area (Å²) in [7, 11) is 0. The van der Waals surface area contributed by atoms with Crippen LogP contribution in [0.25, 0.3) is 0 Å². The Kier molecular flexibility index (Phi) is 2.64. The standard InChI is InChI=1S/C3H3B.Li/c1-2-4-3-1;/h1-3H;. The SMILES string of the molecule is B1=CC=C1.[Li]. The van der Waals surface area contributed by atoms with Gasteiger partial charge >= 0.3 is 24.9 Å². The molecule has 0 unspecified atom stereocenters. The average Bonchev–Trinajstić information content (AvgIpc) is 0.722. The van der Waals surface area contributed by atoms with Gasteiger partial charge in [-0.2, -0.15) is 0 Å². The van der Waals surface area contributed by atoms with Gasteiger partial charge in [0.25, 0.3) is 0 Å². The third kappa shape index (κ3) is 1.21. The maximum absolute atomic E-state index is 2.00. The summed E-state index contributed by atoms with van der Waals surface area (Å²) in [5.74, 6) is 4.00. The molecule has 1 heterocycles. The maximum Gasteiger partial charge on any atom is 0 e. The molecule has 0 bridgehead atoms. The molecule has 0 aromatic carbocycles. The summed E-state index contributed by atoms with van der Waals surface area (Å²) < 4.78 is 0. The van der Waals surface area contributed by atoms with Crippen LogP contribution in [0, 0.1) is 0 Å². The predicted octanol–water partition coefficient (Wildman–Crippen LogP) is -0.361. The zero-order chi connectivity index (χ0) is 2.83. The van der Waals surface area contributed by atoms with Crippen molar-refractivity contribution < 1.29 is 0 Å². The quantitative estimate of drug-likeness (QED) is 0.333. The monoisotopic (exact) mass is 57.0 g/mol. The maximum atomic E-state index is 2.00. The molecular weight excluding hydrogens is 53.8 g/mol. The van der Waals surface area contributed by atoms with Crippen molar-refractivity contribution in [1.29, 1.82) is 0 Å². The number of allylic oxidation sites excluding steroid dienone is 1. The van der Waals surface area contributed by atoms with E-state index >= 15 is 0 Å². The molecule has 0 spiro atoms. The first-order chi connectivity index (χ1) is 2.00. The topological polar surface area (TPSA) is 0 Å². The van der Waals surface area contributed by atoms with Crippen molar-refractivity contribution in [2.75, 3.05) is 0 Å². The van der Waals surface area contributed by atoms with Crippen molar-refractivity contribution in [3.63, 3.8) is 0 Å². The Labute approximate surface area is 44.3 Å².